The van der Waals surface area contributed by atoms with Crippen LogP contribution in [0.1, 0.15) is 29.2 Å². The number of hydrogen-bond acceptors (Lipinski definition) is 0. The van der Waals surface area contributed by atoms with Crippen molar-refractivity contribution in [3.05, 3.63) is 83.4 Å². The summed E-state index contributed by atoms with van der Waals surface area (Å²) in [5.74, 6) is 0. The van der Waals surface area contributed by atoms with Gasteiger partial charge in [0.15, 0.2) is 0 Å². The van der Waals surface area contributed by atoms with Gasteiger partial charge in [-0.1, -0.05) is 67.3 Å². The minimum absolute atomic E-state index is 1.17. The Labute approximate surface area is 154 Å². The van der Waals surface area contributed by atoms with Gasteiger partial charge >= 0.3 is 0 Å². The van der Waals surface area contributed by atoms with Crippen molar-refractivity contribution in [2.24, 2.45) is 0 Å². The summed E-state index contributed by atoms with van der Waals surface area (Å²) in [7, 11) is 0. The minimum Gasteiger partial charge on any atom is -0.354 e. The maximum absolute atomic E-state index is 4.12. The van der Waals surface area contributed by atoms with E-state index < -0.39 is 0 Å². The van der Waals surface area contributed by atoms with Gasteiger partial charge in [0.1, 0.15) is 0 Å². The van der Waals surface area contributed by atoms with Gasteiger partial charge in [-0.2, -0.15) is 0 Å². The van der Waals surface area contributed by atoms with E-state index in [9.17, 15) is 0 Å². The average molecular weight is 337 g/mol. The van der Waals surface area contributed by atoms with Crippen LogP contribution in [0.5, 0.6) is 0 Å². The second-order valence-electron chi connectivity index (χ2n) is 6.77. The number of nitrogens with one attached hydrogen (secondary N) is 1. The number of aromatic amines is 1. The summed E-state index contributed by atoms with van der Waals surface area (Å²) in [5, 5.41) is 2.53. The lowest BCUT2D eigenvalue weighted by atomic mass is 9.87. The van der Waals surface area contributed by atoms with Crippen molar-refractivity contribution in [1.29, 1.82) is 0 Å². The molecule has 0 fully saturated rings. The lowest BCUT2D eigenvalue weighted by molar-refractivity contribution is 1.39. The van der Waals surface area contributed by atoms with Gasteiger partial charge in [0, 0.05) is 21.9 Å². The number of para-hydroxylation sites is 1. The molecule has 0 aliphatic rings. The summed E-state index contributed by atoms with van der Waals surface area (Å²) in [4.78, 5) is 3.70. The van der Waals surface area contributed by atoms with Crippen LogP contribution in [0.25, 0.3) is 45.1 Å². The van der Waals surface area contributed by atoms with Crippen molar-refractivity contribution in [2.75, 3.05) is 0 Å². The maximum Gasteiger partial charge on any atom is 0.0553 e. The van der Waals surface area contributed by atoms with Gasteiger partial charge in [0.25, 0.3) is 0 Å². The number of rotatable bonds is 3. The Morgan fingerprint density at radius 1 is 0.923 bits per heavy atom. The van der Waals surface area contributed by atoms with Crippen LogP contribution in [0.3, 0.4) is 0 Å². The number of aryl methyl sites for hydroxylation is 1. The zero-order valence-corrected chi connectivity index (χ0v) is 15.6. The highest BCUT2D eigenvalue weighted by molar-refractivity contribution is 6.17. The van der Waals surface area contributed by atoms with Crippen molar-refractivity contribution in [3.8, 4) is 11.1 Å². The summed E-state index contributed by atoms with van der Waals surface area (Å²) in [5.41, 5.74) is 9.92. The van der Waals surface area contributed by atoms with Crippen molar-refractivity contribution in [1.82, 2.24) is 4.98 Å². The van der Waals surface area contributed by atoms with Crippen molar-refractivity contribution < 1.29 is 0 Å². The lowest BCUT2D eigenvalue weighted by Gasteiger charge is -2.17. The molecule has 0 unspecified atom stereocenters. The Morgan fingerprint density at radius 3 is 2.38 bits per heavy atom. The molecule has 4 aromatic rings. The fourth-order valence-corrected chi connectivity index (χ4v) is 4.06. The van der Waals surface area contributed by atoms with E-state index in [2.05, 4.69) is 93.0 Å². The predicted molar refractivity (Wildman–Crippen MR) is 116 cm³/mol. The zero-order valence-electron chi connectivity index (χ0n) is 15.6. The third-order valence-electron chi connectivity index (χ3n) is 5.25. The Morgan fingerprint density at radius 2 is 1.65 bits per heavy atom. The van der Waals surface area contributed by atoms with Gasteiger partial charge in [0.05, 0.1) is 5.52 Å². The summed E-state index contributed by atoms with van der Waals surface area (Å²) >= 11 is 0. The summed E-state index contributed by atoms with van der Waals surface area (Å²) < 4.78 is 0. The molecule has 26 heavy (non-hydrogen) atoms. The topological polar surface area (TPSA) is 15.8 Å². The van der Waals surface area contributed by atoms with Crippen LogP contribution in [-0.2, 0) is 0 Å². The van der Waals surface area contributed by atoms with Crippen LogP contribution >= 0.6 is 0 Å². The van der Waals surface area contributed by atoms with E-state index >= 15 is 0 Å². The highest BCUT2D eigenvalue weighted by atomic mass is 14.7. The number of aromatic nitrogens is 1. The first-order chi connectivity index (χ1) is 12.7. The second kappa shape index (κ2) is 6.34. The summed E-state index contributed by atoms with van der Waals surface area (Å²) in [6.45, 7) is 10.6. The van der Waals surface area contributed by atoms with Crippen LogP contribution in [-0.4, -0.2) is 4.98 Å². The number of hydrogen-bond donors (Lipinski definition) is 1. The standard InChI is InChI=1S/C25H23N/c1-5-11-20-18(6-2)17(4)23(19-13-8-7-12-16(19)3)25-24(20)21-14-9-10-15-22(21)26-25/h5-15,26H,2H2,1,3-4H3/b11-5-. The SMILES string of the molecule is C=Cc1c(C)c(-c2ccccc2C)c2[nH]c3ccccc3c2c1/C=C\C. The van der Waals surface area contributed by atoms with E-state index in [1.807, 2.05) is 6.08 Å². The fourth-order valence-electron chi connectivity index (χ4n) is 4.06. The molecule has 128 valence electrons. The number of fused-ring (bicyclic) bond motifs is 3. The molecule has 0 spiro atoms. The average Bonchev–Trinajstić information content (AvgIpc) is 3.02. The van der Waals surface area contributed by atoms with Crippen molar-refractivity contribution >= 4 is 34.0 Å². The number of benzene rings is 3. The number of allylic oxidation sites excluding steroid dienone is 1. The fraction of sp³-hybridized carbons (Fsp3) is 0.120. The molecule has 0 aliphatic heterocycles. The molecule has 1 nitrogen and oxygen atoms in total. The first kappa shape index (κ1) is 16.4. The molecule has 1 N–H and O–H groups in total. The van der Waals surface area contributed by atoms with E-state index in [0.29, 0.717) is 0 Å². The van der Waals surface area contributed by atoms with Crippen LogP contribution in [0.15, 0.2) is 61.2 Å². The van der Waals surface area contributed by atoms with E-state index in [4.69, 9.17) is 0 Å². The van der Waals surface area contributed by atoms with E-state index in [0.717, 1.165) is 0 Å². The van der Waals surface area contributed by atoms with Gasteiger partial charge in [-0.3, -0.25) is 0 Å². The van der Waals surface area contributed by atoms with Crippen molar-refractivity contribution in [2.45, 2.75) is 20.8 Å². The van der Waals surface area contributed by atoms with E-state index in [-0.39, 0.29) is 0 Å². The van der Waals surface area contributed by atoms with Gasteiger partial charge in [-0.25, -0.2) is 0 Å². The molecule has 0 bridgehead atoms. The molecule has 1 heterocycles. The number of H-pyrrole nitrogens is 1. The normalized spacial score (nSPS) is 11.7. The highest BCUT2D eigenvalue weighted by Gasteiger charge is 2.19. The lowest BCUT2D eigenvalue weighted by Crippen LogP contribution is -1.95. The van der Waals surface area contributed by atoms with Crippen LogP contribution < -0.4 is 0 Å². The molecule has 0 saturated carbocycles. The van der Waals surface area contributed by atoms with E-state index in [1.54, 1.807) is 0 Å². The quantitative estimate of drug-likeness (QED) is 0.404. The molecule has 4 rings (SSSR count). The molecular formula is C25H23N. The largest absolute Gasteiger partial charge is 0.354 e. The van der Waals surface area contributed by atoms with Gasteiger partial charge < -0.3 is 4.98 Å². The summed E-state index contributed by atoms with van der Waals surface area (Å²) in [6.07, 6.45) is 6.30. The molecule has 3 aromatic carbocycles. The van der Waals surface area contributed by atoms with Crippen LogP contribution in [0.2, 0.25) is 0 Å². The predicted octanol–water partition coefficient (Wildman–Crippen LogP) is 7.28. The molecule has 0 saturated heterocycles. The third-order valence-corrected chi connectivity index (χ3v) is 5.25. The Bertz CT molecular complexity index is 1170. The molecule has 0 aliphatic carbocycles. The summed E-state index contributed by atoms with van der Waals surface area (Å²) in [6, 6.07) is 17.1. The molecule has 0 atom stereocenters. The Kier molecular flexibility index (Phi) is 4.00. The van der Waals surface area contributed by atoms with Gasteiger partial charge in [-0.05, 0) is 54.7 Å². The third kappa shape index (κ3) is 2.32. The first-order valence-electron chi connectivity index (χ1n) is 9.05. The first-order valence-corrected chi connectivity index (χ1v) is 9.05. The Hall–Kier alpha value is -3.06. The molecule has 1 heteroatoms. The van der Waals surface area contributed by atoms with Crippen LogP contribution in [0.4, 0.5) is 0 Å². The minimum atomic E-state index is 1.17. The molecule has 0 amide bonds. The smallest absolute Gasteiger partial charge is 0.0553 e. The van der Waals surface area contributed by atoms with Gasteiger partial charge in [-0.15, -0.1) is 0 Å². The zero-order chi connectivity index (χ0) is 18.3. The van der Waals surface area contributed by atoms with E-state index in [1.165, 1.54) is 55.2 Å². The second-order valence-corrected chi connectivity index (χ2v) is 6.77. The Balaban J connectivity index is 2.30. The monoisotopic (exact) mass is 337 g/mol. The maximum atomic E-state index is 4.12. The van der Waals surface area contributed by atoms with Gasteiger partial charge in [0.2, 0.25) is 0 Å². The molecular weight excluding hydrogens is 314 g/mol. The highest BCUT2D eigenvalue weighted by Crippen LogP contribution is 2.42. The molecule has 1 aromatic heterocycles. The van der Waals surface area contributed by atoms with Crippen molar-refractivity contribution in [3.63, 3.8) is 0 Å². The van der Waals surface area contributed by atoms with Crippen LogP contribution in [0, 0.1) is 13.8 Å². The molecule has 0 radical (unpaired) electrons.